The summed E-state index contributed by atoms with van der Waals surface area (Å²) in [5, 5.41) is 0. The van der Waals surface area contributed by atoms with Crippen molar-refractivity contribution in [1.29, 1.82) is 0 Å². The lowest BCUT2D eigenvalue weighted by Crippen LogP contribution is -2.33. The molecule has 1 aromatic rings. The molecule has 1 aromatic carbocycles. The number of methoxy groups -OCH3 is 1. The van der Waals surface area contributed by atoms with Crippen molar-refractivity contribution < 1.29 is 9.53 Å². The van der Waals surface area contributed by atoms with E-state index in [2.05, 4.69) is 30.7 Å². The Morgan fingerprint density at radius 2 is 1.94 bits per heavy atom. The molecule has 3 heteroatoms. The van der Waals surface area contributed by atoms with Gasteiger partial charge in [-0.25, -0.2) is 0 Å². The maximum Gasteiger partial charge on any atom is 0.322 e. The van der Waals surface area contributed by atoms with E-state index in [4.69, 9.17) is 5.73 Å². The quantitative estimate of drug-likeness (QED) is 0.796. The van der Waals surface area contributed by atoms with Crippen molar-refractivity contribution >= 4 is 5.97 Å². The summed E-state index contributed by atoms with van der Waals surface area (Å²) in [6.45, 7) is 4.38. The fourth-order valence-electron chi connectivity index (χ4n) is 1.71. The predicted octanol–water partition coefficient (Wildman–Crippen LogP) is 2.24. The Hall–Kier alpha value is -1.35. The van der Waals surface area contributed by atoms with Gasteiger partial charge >= 0.3 is 5.97 Å². The summed E-state index contributed by atoms with van der Waals surface area (Å²) in [6, 6.07) is 7.70. The monoisotopic (exact) mass is 235 g/mol. The smallest absolute Gasteiger partial charge is 0.322 e. The van der Waals surface area contributed by atoms with Crippen molar-refractivity contribution in [3.05, 3.63) is 35.4 Å². The third kappa shape index (κ3) is 3.86. The zero-order chi connectivity index (χ0) is 12.8. The molecule has 3 nitrogen and oxygen atoms in total. The second-order valence-corrected chi connectivity index (χ2v) is 4.38. The van der Waals surface area contributed by atoms with Crippen molar-refractivity contribution in [1.82, 2.24) is 0 Å². The first kappa shape index (κ1) is 13.7. The Kier molecular flexibility index (Phi) is 5.16. The van der Waals surface area contributed by atoms with Gasteiger partial charge in [-0.3, -0.25) is 4.79 Å². The summed E-state index contributed by atoms with van der Waals surface area (Å²) in [6.07, 6.45) is 1.65. The van der Waals surface area contributed by atoms with E-state index in [9.17, 15) is 4.79 Å². The van der Waals surface area contributed by atoms with Crippen LogP contribution in [0.5, 0.6) is 0 Å². The van der Waals surface area contributed by atoms with Crippen LogP contribution in [0.2, 0.25) is 0 Å². The molecular formula is C14H21NO2. The molecule has 94 valence electrons. The van der Waals surface area contributed by atoms with Crippen LogP contribution in [0.3, 0.4) is 0 Å². The molecule has 0 spiro atoms. The van der Waals surface area contributed by atoms with E-state index in [1.54, 1.807) is 0 Å². The lowest BCUT2D eigenvalue weighted by molar-refractivity contribution is -0.142. The zero-order valence-electron chi connectivity index (χ0n) is 10.8. The van der Waals surface area contributed by atoms with Crippen LogP contribution in [0.15, 0.2) is 24.3 Å². The summed E-state index contributed by atoms with van der Waals surface area (Å²) in [5.74, 6) is 0.203. The Morgan fingerprint density at radius 1 is 1.35 bits per heavy atom. The molecule has 2 atom stereocenters. The van der Waals surface area contributed by atoms with Crippen LogP contribution < -0.4 is 5.73 Å². The SMILES string of the molecule is CCC(C)c1ccc(CC(N)C(=O)OC)cc1. The number of nitrogens with two attached hydrogens (primary N) is 1. The summed E-state index contributed by atoms with van der Waals surface area (Å²) in [5.41, 5.74) is 8.10. The van der Waals surface area contributed by atoms with Crippen LogP contribution in [-0.2, 0) is 16.0 Å². The number of carbonyl (C=O) groups is 1. The second-order valence-electron chi connectivity index (χ2n) is 4.38. The molecule has 0 bridgehead atoms. The molecule has 2 unspecified atom stereocenters. The molecule has 0 heterocycles. The highest BCUT2D eigenvalue weighted by molar-refractivity contribution is 5.75. The van der Waals surface area contributed by atoms with Gasteiger partial charge in [0.1, 0.15) is 6.04 Å². The fourth-order valence-corrected chi connectivity index (χ4v) is 1.71. The van der Waals surface area contributed by atoms with E-state index in [1.165, 1.54) is 12.7 Å². The van der Waals surface area contributed by atoms with Gasteiger partial charge in [-0.15, -0.1) is 0 Å². The van der Waals surface area contributed by atoms with Gasteiger partial charge in [0.05, 0.1) is 7.11 Å². The first-order chi connectivity index (χ1) is 8.08. The lowest BCUT2D eigenvalue weighted by Gasteiger charge is -2.12. The molecule has 0 saturated heterocycles. The van der Waals surface area contributed by atoms with Crippen molar-refractivity contribution in [2.75, 3.05) is 7.11 Å². The molecule has 0 aliphatic heterocycles. The van der Waals surface area contributed by atoms with E-state index < -0.39 is 6.04 Å². The van der Waals surface area contributed by atoms with Gasteiger partial charge in [-0.1, -0.05) is 38.1 Å². The van der Waals surface area contributed by atoms with Crippen LogP contribution in [0.25, 0.3) is 0 Å². The maximum absolute atomic E-state index is 11.2. The summed E-state index contributed by atoms with van der Waals surface area (Å²) in [4.78, 5) is 11.2. The van der Waals surface area contributed by atoms with Gasteiger partial charge < -0.3 is 10.5 Å². The minimum absolute atomic E-state index is 0.365. The first-order valence-corrected chi connectivity index (χ1v) is 6.00. The maximum atomic E-state index is 11.2. The standard InChI is InChI=1S/C14H21NO2/c1-4-10(2)12-7-5-11(6-8-12)9-13(15)14(16)17-3/h5-8,10,13H,4,9,15H2,1-3H3. The Labute approximate surface area is 103 Å². The van der Waals surface area contributed by atoms with Crippen LogP contribution >= 0.6 is 0 Å². The van der Waals surface area contributed by atoms with Crippen LogP contribution in [-0.4, -0.2) is 19.1 Å². The highest BCUT2D eigenvalue weighted by atomic mass is 16.5. The minimum atomic E-state index is -0.575. The van der Waals surface area contributed by atoms with E-state index in [1.807, 2.05) is 12.1 Å². The zero-order valence-corrected chi connectivity index (χ0v) is 10.8. The number of ether oxygens (including phenoxy) is 1. The number of hydrogen-bond acceptors (Lipinski definition) is 3. The molecule has 0 fully saturated rings. The molecule has 2 N–H and O–H groups in total. The number of hydrogen-bond donors (Lipinski definition) is 1. The lowest BCUT2D eigenvalue weighted by atomic mass is 9.96. The number of carbonyl (C=O) groups excluding carboxylic acids is 1. The van der Waals surface area contributed by atoms with Gasteiger partial charge in [0.15, 0.2) is 0 Å². The Morgan fingerprint density at radius 3 is 2.41 bits per heavy atom. The molecule has 0 aliphatic carbocycles. The van der Waals surface area contributed by atoms with Crippen molar-refractivity contribution in [3.8, 4) is 0 Å². The third-order valence-electron chi connectivity index (χ3n) is 3.12. The molecule has 17 heavy (non-hydrogen) atoms. The van der Waals surface area contributed by atoms with Crippen LogP contribution in [0.4, 0.5) is 0 Å². The topological polar surface area (TPSA) is 52.3 Å². The van der Waals surface area contributed by atoms with E-state index >= 15 is 0 Å². The molecular weight excluding hydrogens is 214 g/mol. The average molecular weight is 235 g/mol. The normalized spacial score (nSPS) is 14.1. The van der Waals surface area contributed by atoms with Gasteiger partial charge in [0, 0.05) is 0 Å². The second kappa shape index (κ2) is 6.40. The molecule has 0 saturated carbocycles. The largest absolute Gasteiger partial charge is 0.468 e. The highest BCUT2D eigenvalue weighted by Gasteiger charge is 2.14. The van der Waals surface area contributed by atoms with Crippen molar-refractivity contribution in [2.45, 2.75) is 38.6 Å². The molecule has 0 radical (unpaired) electrons. The summed E-state index contributed by atoms with van der Waals surface area (Å²) >= 11 is 0. The molecule has 1 rings (SSSR count). The molecule has 0 aliphatic rings. The fraction of sp³-hybridized carbons (Fsp3) is 0.500. The summed E-state index contributed by atoms with van der Waals surface area (Å²) in [7, 11) is 1.36. The Bertz CT molecular complexity index is 359. The van der Waals surface area contributed by atoms with Crippen molar-refractivity contribution in [2.24, 2.45) is 5.73 Å². The first-order valence-electron chi connectivity index (χ1n) is 6.00. The Balaban J connectivity index is 2.65. The van der Waals surface area contributed by atoms with E-state index in [-0.39, 0.29) is 5.97 Å². The van der Waals surface area contributed by atoms with Crippen molar-refractivity contribution in [3.63, 3.8) is 0 Å². The number of esters is 1. The van der Waals surface area contributed by atoms with Gasteiger partial charge in [-0.05, 0) is 29.9 Å². The van der Waals surface area contributed by atoms with E-state index in [0.29, 0.717) is 12.3 Å². The average Bonchev–Trinajstić information content (AvgIpc) is 2.37. The van der Waals surface area contributed by atoms with Gasteiger partial charge in [-0.2, -0.15) is 0 Å². The number of benzene rings is 1. The minimum Gasteiger partial charge on any atom is -0.468 e. The third-order valence-corrected chi connectivity index (χ3v) is 3.12. The van der Waals surface area contributed by atoms with Crippen LogP contribution in [0.1, 0.15) is 37.3 Å². The number of rotatable bonds is 5. The van der Waals surface area contributed by atoms with E-state index in [0.717, 1.165) is 12.0 Å². The van der Waals surface area contributed by atoms with Crippen LogP contribution in [0, 0.1) is 0 Å². The summed E-state index contributed by atoms with van der Waals surface area (Å²) < 4.78 is 4.60. The van der Waals surface area contributed by atoms with Gasteiger partial charge in [0.25, 0.3) is 0 Å². The van der Waals surface area contributed by atoms with Gasteiger partial charge in [0.2, 0.25) is 0 Å². The molecule has 0 amide bonds. The molecule has 0 aromatic heterocycles. The predicted molar refractivity (Wildman–Crippen MR) is 68.8 cm³/mol. The highest BCUT2D eigenvalue weighted by Crippen LogP contribution is 2.19.